The molecule has 0 aliphatic rings. The van der Waals surface area contributed by atoms with Crippen LogP contribution in [0.2, 0.25) is 0 Å². The van der Waals surface area contributed by atoms with E-state index in [0.29, 0.717) is 10.2 Å². The van der Waals surface area contributed by atoms with Gasteiger partial charge in [-0.05, 0) is 6.07 Å². The molecule has 2 N–H and O–H groups in total. The Hall–Kier alpha value is -0.480. The second-order valence-corrected chi connectivity index (χ2v) is 2.72. The fourth-order valence-corrected chi connectivity index (χ4v) is 1.07. The molecule has 0 amide bonds. The quantitative estimate of drug-likeness (QED) is 0.704. The maximum atomic E-state index is 12.4. The molecule has 0 bridgehead atoms. The predicted octanol–water partition coefficient (Wildman–Crippen LogP) is 1.44. The lowest BCUT2D eigenvalue weighted by atomic mass is 10.3. The van der Waals surface area contributed by atoms with E-state index in [9.17, 15) is 4.39 Å². The van der Waals surface area contributed by atoms with Gasteiger partial charge in [0.05, 0.1) is 5.69 Å². The number of hydrogen-bond acceptors (Lipinski definition) is 2. The Balaban J connectivity index is 3.06. The summed E-state index contributed by atoms with van der Waals surface area (Å²) < 4.78 is 13.1. The first-order chi connectivity index (χ1) is 4.72. The highest BCUT2D eigenvalue weighted by atomic mass is 79.9. The van der Waals surface area contributed by atoms with Crippen molar-refractivity contribution in [3.8, 4) is 0 Å². The molecule has 0 radical (unpaired) electrons. The number of nitrogens with zero attached hydrogens (tertiary/aromatic N) is 1. The highest BCUT2D eigenvalue weighted by Crippen LogP contribution is 2.10. The minimum absolute atomic E-state index is 0.260. The van der Waals surface area contributed by atoms with Crippen LogP contribution in [0.25, 0.3) is 0 Å². The Kier molecular flexibility index (Phi) is 2.34. The minimum Gasteiger partial charge on any atom is -0.325 e. The number of nitrogens with two attached hydrogens (primary N) is 1. The molecule has 0 fully saturated rings. The van der Waals surface area contributed by atoms with Crippen LogP contribution >= 0.6 is 15.9 Å². The molecule has 0 unspecified atom stereocenters. The fourth-order valence-electron chi connectivity index (χ4n) is 0.621. The van der Waals surface area contributed by atoms with E-state index in [0.717, 1.165) is 0 Å². The van der Waals surface area contributed by atoms with Crippen molar-refractivity contribution in [1.82, 2.24) is 4.98 Å². The van der Waals surface area contributed by atoms with Gasteiger partial charge in [-0.3, -0.25) is 0 Å². The Morgan fingerprint density at radius 2 is 2.30 bits per heavy atom. The van der Waals surface area contributed by atoms with Gasteiger partial charge in [0.2, 0.25) is 5.95 Å². The molecule has 1 rings (SSSR count). The van der Waals surface area contributed by atoms with Crippen LogP contribution in [-0.4, -0.2) is 4.98 Å². The van der Waals surface area contributed by atoms with E-state index in [4.69, 9.17) is 5.73 Å². The summed E-state index contributed by atoms with van der Waals surface area (Å²) in [6, 6.07) is 2.97. The van der Waals surface area contributed by atoms with Gasteiger partial charge >= 0.3 is 0 Å². The summed E-state index contributed by atoms with van der Waals surface area (Å²) in [5, 5.41) is 0. The first-order valence-electron chi connectivity index (χ1n) is 2.74. The summed E-state index contributed by atoms with van der Waals surface area (Å²) >= 11 is 3.12. The topological polar surface area (TPSA) is 38.9 Å². The lowest BCUT2D eigenvalue weighted by Crippen LogP contribution is -2.00. The summed E-state index contributed by atoms with van der Waals surface area (Å²) in [5.41, 5.74) is 5.79. The Bertz CT molecular complexity index is 219. The van der Waals surface area contributed by atoms with Gasteiger partial charge in [0.1, 0.15) is 0 Å². The molecule has 1 aromatic rings. The van der Waals surface area contributed by atoms with Crippen molar-refractivity contribution in [1.29, 1.82) is 0 Å². The summed E-state index contributed by atoms with van der Waals surface area (Å²) in [6.45, 7) is 0.260. The van der Waals surface area contributed by atoms with E-state index in [-0.39, 0.29) is 6.54 Å². The Morgan fingerprint density at radius 1 is 1.60 bits per heavy atom. The van der Waals surface area contributed by atoms with Gasteiger partial charge in [0.25, 0.3) is 0 Å². The highest BCUT2D eigenvalue weighted by Gasteiger charge is 1.96. The van der Waals surface area contributed by atoms with Crippen molar-refractivity contribution in [3.05, 3.63) is 28.2 Å². The van der Waals surface area contributed by atoms with Crippen molar-refractivity contribution >= 4 is 15.9 Å². The van der Waals surface area contributed by atoms with Crippen LogP contribution in [0.3, 0.4) is 0 Å². The molecule has 0 aliphatic heterocycles. The number of rotatable bonds is 1. The SMILES string of the molecule is NCc1cc(Br)cc(F)n1. The van der Waals surface area contributed by atoms with Crippen LogP contribution in [0.1, 0.15) is 5.69 Å². The summed E-state index contributed by atoms with van der Waals surface area (Å²) in [6.07, 6.45) is 0. The first kappa shape index (κ1) is 7.63. The van der Waals surface area contributed by atoms with E-state index in [1.807, 2.05) is 0 Å². The highest BCUT2D eigenvalue weighted by molar-refractivity contribution is 9.10. The molecule has 0 aliphatic carbocycles. The van der Waals surface area contributed by atoms with Gasteiger partial charge in [-0.1, -0.05) is 15.9 Å². The molecule has 4 heteroatoms. The van der Waals surface area contributed by atoms with E-state index >= 15 is 0 Å². The predicted molar refractivity (Wildman–Crippen MR) is 39.8 cm³/mol. The molecule has 2 nitrogen and oxygen atoms in total. The minimum atomic E-state index is -0.505. The lowest BCUT2D eigenvalue weighted by Gasteiger charge is -1.95. The standard InChI is InChI=1S/C6H6BrFN2/c7-4-1-5(3-9)10-6(8)2-4/h1-2H,3,9H2. The van der Waals surface area contributed by atoms with Gasteiger partial charge in [0, 0.05) is 17.1 Å². The maximum absolute atomic E-state index is 12.4. The third-order valence-corrected chi connectivity index (χ3v) is 1.48. The molecule has 0 spiro atoms. The molecule has 0 saturated heterocycles. The molecule has 10 heavy (non-hydrogen) atoms. The van der Waals surface area contributed by atoms with Gasteiger partial charge < -0.3 is 5.73 Å². The van der Waals surface area contributed by atoms with Crippen molar-refractivity contribution < 1.29 is 4.39 Å². The van der Waals surface area contributed by atoms with Gasteiger partial charge in [-0.2, -0.15) is 4.39 Å². The maximum Gasteiger partial charge on any atom is 0.214 e. The largest absolute Gasteiger partial charge is 0.325 e. The Morgan fingerprint density at radius 3 is 2.80 bits per heavy atom. The third kappa shape index (κ3) is 1.75. The van der Waals surface area contributed by atoms with Crippen molar-refractivity contribution in [3.63, 3.8) is 0 Å². The molecule has 54 valence electrons. The molecular weight excluding hydrogens is 199 g/mol. The van der Waals surface area contributed by atoms with Gasteiger partial charge in [-0.25, -0.2) is 4.98 Å². The summed E-state index contributed by atoms with van der Waals surface area (Å²) in [4.78, 5) is 3.53. The number of hydrogen-bond donors (Lipinski definition) is 1. The molecule has 0 aromatic carbocycles. The molecular formula is C6H6BrFN2. The summed E-state index contributed by atoms with van der Waals surface area (Å²) in [7, 11) is 0. The van der Waals surface area contributed by atoms with E-state index in [2.05, 4.69) is 20.9 Å². The number of aromatic nitrogens is 1. The van der Waals surface area contributed by atoms with E-state index in [1.54, 1.807) is 6.07 Å². The average molecular weight is 205 g/mol. The van der Waals surface area contributed by atoms with Crippen LogP contribution in [0.5, 0.6) is 0 Å². The van der Waals surface area contributed by atoms with E-state index < -0.39 is 5.95 Å². The van der Waals surface area contributed by atoms with Crippen LogP contribution in [0.15, 0.2) is 16.6 Å². The van der Waals surface area contributed by atoms with Crippen LogP contribution in [0.4, 0.5) is 4.39 Å². The third-order valence-electron chi connectivity index (χ3n) is 1.02. The van der Waals surface area contributed by atoms with Crippen LogP contribution < -0.4 is 5.73 Å². The lowest BCUT2D eigenvalue weighted by molar-refractivity contribution is 0.576. The van der Waals surface area contributed by atoms with Gasteiger partial charge in [0.15, 0.2) is 0 Å². The van der Waals surface area contributed by atoms with Gasteiger partial charge in [-0.15, -0.1) is 0 Å². The monoisotopic (exact) mass is 204 g/mol. The smallest absolute Gasteiger partial charge is 0.214 e. The zero-order chi connectivity index (χ0) is 7.56. The second kappa shape index (κ2) is 3.07. The fraction of sp³-hybridized carbons (Fsp3) is 0.167. The first-order valence-corrected chi connectivity index (χ1v) is 3.53. The van der Waals surface area contributed by atoms with Crippen molar-refractivity contribution in [2.75, 3.05) is 0 Å². The van der Waals surface area contributed by atoms with Crippen LogP contribution in [0, 0.1) is 5.95 Å². The molecule has 0 atom stereocenters. The van der Waals surface area contributed by atoms with Crippen molar-refractivity contribution in [2.24, 2.45) is 5.73 Å². The van der Waals surface area contributed by atoms with Crippen molar-refractivity contribution in [2.45, 2.75) is 6.54 Å². The Labute approximate surface area is 66.4 Å². The number of halogens is 2. The molecule has 0 saturated carbocycles. The molecule has 1 aromatic heterocycles. The number of pyridine rings is 1. The second-order valence-electron chi connectivity index (χ2n) is 1.80. The molecule has 1 heterocycles. The summed E-state index contributed by atoms with van der Waals surface area (Å²) in [5.74, 6) is -0.505. The zero-order valence-electron chi connectivity index (χ0n) is 5.14. The normalized spacial score (nSPS) is 9.90. The zero-order valence-corrected chi connectivity index (χ0v) is 6.73. The van der Waals surface area contributed by atoms with E-state index in [1.165, 1.54) is 6.07 Å². The van der Waals surface area contributed by atoms with Crippen LogP contribution in [-0.2, 0) is 6.54 Å². The average Bonchev–Trinajstić information content (AvgIpc) is 1.85.